The minimum Gasteiger partial charge on any atom is -0.480 e. The van der Waals surface area contributed by atoms with Gasteiger partial charge < -0.3 is 10.4 Å². The Morgan fingerprint density at radius 1 is 1.54 bits per heavy atom. The smallest absolute Gasteiger partial charge is 0.324 e. The number of rotatable bonds is 1. The van der Waals surface area contributed by atoms with Crippen molar-refractivity contribution in [2.75, 3.05) is 6.54 Å². The van der Waals surface area contributed by atoms with Crippen LogP contribution in [0.1, 0.15) is 32.6 Å². The van der Waals surface area contributed by atoms with Crippen molar-refractivity contribution in [2.45, 2.75) is 38.1 Å². The minimum absolute atomic E-state index is 0.360. The van der Waals surface area contributed by atoms with Gasteiger partial charge in [-0.15, -0.1) is 0 Å². The second-order valence-electron chi connectivity index (χ2n) is 4.47. The van der Waals surface area contributed by atoms with Crippen LogP contribution in [0.2, 0.25) is 0 Å². The van der Waals surface area contributed by atoms with Crippen LogP contribution in [0.5, 0.6) is 0 Å². The Bertz CT molecular complexity index is 229. The van der Waals surface area contributed by atoms with Crippen molar-refractivity contribution in [3.8, 4) is 0 Å². The summed E-state index contributed by atoms with van der Waals surface area (Å²) in [5.41, 5.74) is -0.572. The zero-order valence-corrected chi connectivity index (χ0v) is 8.05. The highest BCUT2D eigenvalue weighted by Crippen LogP contribution is 2.43. The first kappa shape index (κ1) is 9.00. The van der Waals surface area contributed by atoms with Crippen LogP contribution in [0.25, 0.3) is 0 Å². The normalized spacial score (nSPS) is 44.4. The molecule has 1 saturated heterocycles. The van der Waals surface area contributed by atoms with E-state index in [1.165, 1.54) is 6.42 Å². The highest BCUT2D eigenvalue weighted by atomic mass is 16.4. The molecule has 3 atom stereocenters. The zero-order valence-electron chi connectivity index (χ0n) is 8.05. The summed E-state index contributed by atoms with van der Waals surface area (Å²) in [4.78, 5) is 11.2. The van der Waals surface area contributed by atoms with E-state index in [9.17, 15) is 9.90 Å². The van der Waals surface area contributed by atoms with Gasteiger partial charge in [-0.3, -0.25) is 4.79 Å². The molecule has 2 rings (SSSR count). The minimum atomic E-state index is -0.637. The first-order valence-electron chi connectivity index (χ1n) is 5.15. The molecule has 0 aromatic carbocycles. The van der Waals surface area contributed by atoms with E-state index in [0.717, 1.165) is 25.8 Å². The van der Waals surface area contributed by atoms with Gasteiger partial charge in [0.1, 0.15) is 5.54 Å². The van der Waals surface area contributed by atoms with Crippen molar-refractivity contribution in [1.29, 1.82) is 0 Å². The van der Waals surface area contributed by atoms with Crippen molar-refractivity contribution in [3.63, 3.8) is 0 Å². The molecule has 0 amide bonds. The van der Waals surface area contributed by atoms with Gasteiger partial charge in [0.15, 0.2) is 0 Å². The number of hydrogen-bond donors (Lipinski definition) is 2. The molecule has 74 valence electrons. The van der Waals surface area contributed by atoms with E-state index in [1.807, 2.05) is 0 Å². The molecule has 3 nitrogen and oxygen atoms in total. The summed E-state index contributed by atoms with van der Waals surface area (Å²) in [6.07, 6.45) is 4.10. The van der Waals surface area contributed by atoms with Crippen molar-refractivity contribution >= 4 is 5.97 Å². The molecule has 2 unspecified atom stereocenters. The van der Waals surface area contributed by atoms with Gasteiger partial charge in [0.2, 0.25) is 0 Å². The summed E-state index contributed by atoms with van der Waals surface area (Å²) in [5.74, 6) is 0.292. The second kappa shape index (κ2) is 2.98. The highest BCUT2D eigenvalue weighted by Gasteiger charge is 2.52. The summed E-state index contributed by atoms with van der Waals surface area (Å²) in [6.45, 7) is 3.07. The summed E-state index contributed by atoms with van der Waals surface area (Å²) >= 11 is 0. The predicted molar refractivity (Wildman–Crippen MR) is 49.5 cm³/mol. The molecule has 0 radical (unpaired) electrons. The Kier molecular flexibility index (Phi) is 2.06. The van der Waals surface area contributed by atoms with E-state index in [-0.39, 0.29) is 0 Å². The number of hydrogen-bond acceptors (Lipinski definition) is 2. The third kappa shape index (κ3) is 1.17. The summed E-state index contributed by atoms with van der Waals surface area (Å²) in [6, 6.07) is 0. The van der Waals surface area contributed by atoms with Crippen LogP contribution in [0, 0.1) is 11.8 Å². The van der Waals surface area contributed by atoms with E-state index in [2.05, 4.69) is 12.2 Å². The monoisotopic (exact) mass is 183 g/mol. The molecule has 1 heterocycles. The van der Waals surface area contributed by atoms with Crippen LogP contribution in [0.15, 0.2) is 0 Å². The van der Waals surface area contributed by atoms with Crippen molar-refractivity contribution < 1.29 is 9.90 Å². The number of carboxylic acid groups (broad SMARTS) is 1. The van der Waals surface area contributed by atoms with Crippen LogP contribution in [-0.2, 0) is 4.79 Å². The van der Waals surface area contributed by atoms with Crippen molar-refractivity contribution in [3.05, 3.63) is 0 Å². The van der Waals surface area contributed by atoms with E-state index >= 15 is 0 Å². The third-order valence-electron chi connectivity index (χ3n) is 3.83. The number of nitrogens with one attached hydrogen (secondary N) is 1. The fourth-order valence-corrected chi connectivity index (χ4v) is 3.12. The van der Waals surface area contributed by atoms with Crippen LogP contribution < -0.4 is 5.32 Å². The maximum Gasteiger partial charge on any atom is 0.324 e. The largest absolute Gasteiger partial charge is 0.480 e. The van der Waals surface area contributed by atoms with Gasteiger partial charge in [-0.1, -0.05) is 19.8 Å². The Morgan fingerprint density at radius 2 is 2.31 bits per heavy atom. The molecular weight excluding hydrogens is 166 g/mol. The third-order valence-corrected chi connectivity index (χ3v) is 3.83. The summed E-state index contributed by atoms with van der Waals surface area (Å²) < 4.78 is 0. The Morgan fingerprint density at radius 3 is 2.92 bits per heavy atom. The number of fused-ring (bicyclic) bond motifs is 1. The molecule has 1 aliphatic heterocycles. The van der Waals surface area contributed by atoms with Crippen molar-refractivity contribution in [2.24, 2.45) is 11.8 Å². The average Bonchev–Trinajstić information content (AvgIpc) is 2.50. The molecular formula is C10H17NO2. The standard InChI is InChI=1S/C10H17NO2/c1-7-3-2-5-10(9(12)13)8(7)4-6-11-10/h7-8,11H,2-6H2,1H3,(H,12,13)/t7?,8?,10-/m0/s1. The second-order valence-corrected chi connectivity index (χ2v) is 4.47. The van der Waals surface area contributed by atoms with Gasteiger partial charge >= 0.3 is 5.97 Å². The zero-order chi connectivity index (χ0) is 9.47. The van der Waals surface area contributed by atoms with Crippen LogP contribution in [0.3, 0.4) is 0 Å². The molecule has 3 heteroatoms. The Hall–Kier alpha value is -0.570. The Balaban J connectivity index is 2.27. The van der Waals surface area contributed by atoms with Gasteiger partial charge in [-0.05, 0) is 31.2 Å². The lowest BCUT2D eigenvalue weighted by Gasteiger charge is -2.39. The average molecular weight is 183 g/mol. The van der Waals surface area contributed by atoms with E-state index < -0.39 is 11.5 Å². The van der Waals surface area contributed by atoms with Crippen LogP contribution >= 0.6 is 0 Å². The summed E-state index contributed by atoms with van der Waals surface area (Å²) in [7, 11) is 0. The van der Waals surface area contributed by atoms with Gasteiger partial charge in [-0.2, -0.15) is 0 Å². The number of carboxylic acids is 1. The molecule has 2 N–H and O–H groups in total. The number of carbonyl (C=O) groups is 1. The molecule has 2 aliphatic rings. The SMILES string of the molecule is CC1CCC[C@]2(C(=O)O)NCCC12. The van der Waals surface area contributed by atoms with Gasteiger partial charge in [-0.25, -0.2) is 0 Å². The van der Waals surface area contributed by atoms with E-state index in [4.69, 9.17) is 0 Å². The van der Waals surface area contributed by atoms with E-state index in [0.29, 0.717) is 11.8 Å². The molecule has 13 heavy (non-hydrogen) atoms. The Labute approximate surface area is 78.5 Å². The topological polar surface area (TPSA) is 49.3 Å². The molecule has 1 saturated carbocycles. The molecule has 0 spiro atoms. The fourth-order valence-electron chi connectivity index (χ4n) is 3.12. The van der Waals surface area contributed by atoms with Crippen LogP contribution in [-0.4, -0.2) is 23.2 Å². The maximum absolute atomic E-state index is 11.2. The van der Waals surface area contributed by atoms with E-state index in [1.54, 1.807) is 0 Å². The maximum atomic E-state index is 11.2. The fraction of sp³-hybridized carbons (Fsp3) is 0.900. The molecule has 0 aromatic rings. The molecule has 1 aliphatic carbocycles. The lowest BCUT2D eigenvalue weighted by Crippen LogP contribution is -2.55. The quantitative estimate of drug-likeness (QED) is 0.643. The molecule has 2 fully saturated rings. The lowest BCUT2D eigenvalue weighted by atomic mass is 9.68. The van der Waals surface area contributed by atoms with Crippen molar-refractivity contribution in [1.82, 2.24) is 5.32 Å². The van der Waals surface area contributed by atoms with Gasteiger partial charge in [0.25, 0.3) is 0 Å². The highest BCUT2D eigenvalue weighted by molar-refractivity contribution is 5.80. The van der Waals surface area contributed by atoms with Crippen LogP contribution in [0.4, 0.5) is 0 Å². The van der Waals surface area contributed by atoms with Gasteiger partial charge in [0, 0.05) is 0 Å². The number of aliphatic carboxylic acids is 1. The van der Waals surface area contributed by atoms with Gasteiger partial charge in [0.05, 0.1) is 0 Å². The predicted octanol–water partition coefficient (Wildman–Crippen LogP) is 1.24. The summed E-state index contributed by atoms with van der Waals surface area (Å²) in [5, 5.41) is 12.5. The first-order valence-corrected chi connectivity index (χ1v) is 5.15. The molecule has 0 aromatic heterocycles. The first-order chi connectivity index (χ1) is 6.17. The molecule has 0 bridgehead atoms. The lowest BCUT2D eigenvalue weighted by molar-refractivity contribution is -0.148.